The molecule has 8 nitrogen and oxygen atoms in total. The van der Waals surface area contributed by atoms with Gasteiger partial charge in [-0.25, -0.2) is 14.6 Å². The van der Waals surface area contributed by atoms with Crippen LogP contribution < -0.4 is 5.69 Å². The molecule has 0 amide bonds. The lowest BCUT2D eigenvalue weighted by molar-refractivity contribution is 0.514. The van der Waals surface area contributed by atoms with Gasteiger partial charge in [0, 0.05) is 18.5 Å². The minimum Gasteiger partial charge on any atom is -0.274 e. The first-order valence-corrected chi connectivity index (χ1v) is 13.8. The second kappa shape index (κ2) is 13.7. The van der Waals surface area contributed by atoms with Crippen LogP contribution in [0.1, 0.15) is 83.0 Å². The largest absolute Gasteiger partial charge is 0.346 e. The topological polar surface area (TPSA) is 94.3 Å². The van der Waals surface area contributed by atoms with Crippen molar-refractivity contribution >= 4 is 0 Å². The van der Waals surface area contributed by atoms with E-state index >= 15 is 0 Å². The minimum absolute atomic E-state index is 0.00762. The number of aryl methyl sites for hydroxylation is 2. The Hall–Kier alpha value is -3.55. The highest BCUT2D eigenvalue weighted by molar-refractivity contribution is 5.80. The maximum absolute atomic E-state index is 13.3. The van der Waals surface area contributed by atoms with Gasteiger partial charge in [0.25, 0.3) is 0 Å². The van der Waals surface area contributed by atoms with Gasteiger partial charge in [-0.05, 0) is 40.0 Å². The molecule has 0 saturated heterocycles. The number of aromatic nitrogens is 7. The molecule has 0 aliphatic carbocycles. The molecule has 4 rings (SSSR count). The van der Waals surface area contributed by atoms with Gasteiger partial charge >= 0.3 is 5.69 Å². The molecule has 0 aliphatic heterocycles. The van der Waals surface area contributed by atoms with Gasteiger partial charge in [0.15, 0.2) is 5.82 Å². The highest BCUT2D eigenvalue weighted by atomic mass is 16.2. The fraction of sp³-hybridized carbons (Fsp3) is 0.483. The van der Waals surface area contributed by atoms with E-state index in [1.54, 1.807) is 4.68 Å². The lowest BCUT2D eigenvalue weighted by Crippen LogP contribution is -2.26. The predicted octanol–water partition coefficient (Wildman–Crippen LogP) is 6.03. The van der Waals surface area contributed by atoms with Crippen LogP contribution in [0.5, 0.6) is 0 Å². The van der Waals surface area contributed by atoms with Gasteiger partial charge in [-0.2, -0.15) is 5.10 Å². The van der Waals surface area contributed by atoms with Crippen LogP contribution in [0.3, 0.4) is 0 Å². The van der Waals surface area contributed by atoms with Gasteiger partial charge in [-0.1, -0.05) is 107 Å². The van der Waals surface area contributed by atoms with Crippen LogP contribution in [0.15, 0.2) is 53.3 Å². The Kier molecular flexibility index (Phi) is 9.80. The monoisotopic (exact) mass is 501 g/mol. The Bertz CT molecular complexity index is 1270. The minimum atomic E-state index is 0.00762. The highest BCUT2D eigenvalue weighted by Crippen LogP contribution is 2.29. The second-order valence-electron chi connectivity index (χ2n) is 9.73. The van der Waals surface area contributed by atoms with Crippen LogP contribution in [0.4, 0.5) is 0 Å². The first kappa shape index (κ1) is 26.5. The molecule has 0 spiro atoms. The lowest BCUT2D eigenvalue weighted by Gasteiger charge is -2.09. The molecular weight excluding hydrogens is 462 g/mol. The van der Waals surface area contributed by atoms with Crippen molar-refractivity contribution < 1.29 is 0 Å². The van der Waals surface area contributed by atoms with E-state index in [0.717, 1.165) is 53.8 Å². The summed E-state index contributed by atoms with van der Waals surface area (Å²) >= 11 is 0. The third-order valence-electron chi connectivity index (χ3n) is 6.86. The van der Waals surface area contributed by atoms with E-state index in [0.29, 0.717) is 18.9 Å². The van der Waals surface area contributed by atoms with Crippen molar-refractivity contribution in [2.75, 3.05) is 0 Å². The van der Waals surface area contributed by atoms with Crippen LogP contribution >= 0.6 is 0 Å². The smallest absolute Gasteiger partial charge is 0.274 e. The number of unbranched alkanes of at least 4 members (excludes halogenated alkanes) is 7. The number of hydrogen-bond donors (Lipinski definition) is 1. The van der Waals surface area contributed by atoms with Crippen molar-refractivity contribution in [2.24, 2.45) is 0 Å². The fourth-order valence-corrected chi connectivity index (χ4v) is 4.74. The van der Waals surface area contributed by atoms with Gasteiger partial charge in [0.1, 0.15) is 5.82 Å². The van der Waals surface area contributed by atoms with Crippen molar-refractivity contribution in [2.45, 2.75) is 91.1 Å². The second-order valence-corrected chi connectivity index (χ2v) is 9.73. The molecule has 2 aromatic heterocycles. The molecule has 2 aromatic carbocycles. The van der Waals surface area contributed by atoms with Crippen molar-refractivity contribution in [3.8, 4) is 22.5 Å². The van der Waals surface area contributed by atoms with Crippen LogP contribution in [-0.4, -0.2) is 35.0 Å². The first-order chi connectivity index (χ1) is 18.2. The fourth-order valence-electron chi connectivity index (χ4n) is 4.74. The third kappa shape index (κ3) is 7.02. The SMILES string of the molecule is CCCCCCCn1nc(CCCCCC)n(Cc2ccc(-c3ccccc3-c3nnn[nH]3)cc2)c1=O. The van der Waals surface area contributed by atoms with Gasteiger partial charge in [-0.3, -0.25) is 4.57 Å². The number of nitrogens with one attached hydrogen (secondary N) is 1. The molecule has 37 heavy (non-hydrogen) atoms. The molecule has 0 radical (unpaired) electrons. The molecular formula is C29H39N7O. The summed E-state index contributed by atoms with van der Waals surface area (Å²) in [7, 11) is 0. The molecule has 0 saturated carbocycles. The van der Waals surface area contributed by atoms with Crippen molar-refractivity contribution in [1.29, 1.82) is 0 Å². The first-order valence-electron chi connectivity index (χ1n) is 13.8. The normalized spacial score (nSPS) is 11.3. The third-order valence-corrected chi connectivity index (χ3v) is 6.86. The summed E-state index contributed by atoms with van der Waals surface area (Å²) in [6, 6.07) is 16.5. The number of nitrogens with zero attached hydrogens (tertiary/aromatic N) is 6. The molecule has 0 bridgehead atoms. The Labute approximate surface area is 219 Å². The van der Waals surface area contributed by atoms with Gasteiger partial charge in [0.05, 0.1) is 6.54 Å². The molecule has 0 atom stereocenters. The van der Waals surface area contributed by atoms with Crippen LogP contribution in [0.25, 0.3) is 22.5 Å². The lowest BCUT2D eigenvalue weighted by atomic mass is 9.98. The molecule has 2 heterocycles. The van der Waals surface area contributed by atoms with E-state index in [-0.39, 0.29) is 5.69 Å². The van der Waals surface area contributed by atoms with E-state index in [1.165, 1.54) is 38.5 Å². The number of hydrogen-bond acceptors (Lipinski definition) is 5. The Balaban J connectivity index is 1.52. The average molecular weight is 502 g/mol. The Morgan fingerprint density at radius 1 is 0.811 bits per heavy atom. The van der Waals surface area contributed by atoms with Gasteiger partial charge in [0.2, 0.25) is 0 Å². The summed E-state index contributed by atoms with van der Waals surface area (Å²) in [5, 5.41) is 19.1. The quantitative estimate of drug-likeness (QED) is 0.201. The van der Waals surface area contributed by atoms with Gasteiger partial charge < -0.3 is 0 Å². The summed E-state index contributed by atoms with van der Waals surface area (Å²) in [5.41, 5.74) is 4.17. The predicted molar refractivity (Wildman–Crippen MR) is 147 cm³/mol. The maximum atomic E-state index is 13.3. The molecule has 196 valence electrons. The number of aromatic amines is 1. The zero-order chi connectivity index (χ0) is 25.9. The molecule has 1 N–H and O–H groups in total. The van der Waals surface area contributed by atoms with E-state index in [4.69, 9.17) is 5.10 Å². The highest BCUT2D eigenvalue weighted by Gasteiger charge is 2.14. The van der Waals surface area contributed by atoms with Crippen LogP contribution in [0, 0.1) is 0 Å². The van der Waals surface area contributed by atoms with E-state index < -0.39 is 0 Å². The summed E-state index contributed by atoms with van der Waals surface area (Å²) in [5.74, 6) is 1.54. The number of benzene rings is 2. The Morgan fingerprint density at radius 3 is 2.22 bits per heavy atom. The summed E-state index contributed by atoms with van der Waals surface area (Å²) < 4.78 is 3.57. The maximum Gasteiger partial charge on any atom is 0.346 e. The van der Waals surface area contributed by atoms with E-state index in [9.17, 15) is 4.79 Å². The number of H-pyrrole nitrogens is 1. The summed E-state index contributed by atoms with van der Waals surface area (Å²) in [6.07, 6.45) is 11.3. The molecule has 8 heteroatoms. The number of rotatable bonds is 15. The van der Waals surface area contributed by atoms with Crippen molar-refractivity contribution in [1.82, 2.24) is 35.0 Å². The van der Waals surface area contributed by atoms with Crippen molar-refractivity contribution in [3.63, 3.8) is 0 Å². The number of tetrazole rings is 1. The molecule has 4 aromatic rings. The summed E-state index contributed by atoms with van der Waals surface area (Å²) in [6.45, 7) is 5.67. The van der Waals surface area contributed by atoms with Gasteiger partial charge in [-0.15, -0.1) is 5.10 Å². The zero-order valence-corrected chi connectivity index (χ0v) is 22.2. The molecule has 0 aliphatic rings. The summed E-state index contributed by atoms with van der Waals surface area (Å²) in [4.78, 5) is 13.3. The van der Waals surface area contributed by atoms with Crippen LogP contribution in [0.2, 0.25) is 0 Å². The Morgan fingerprint density at radius 2 is 1.51 bits per heavy atom. The zero-order valence-electron chi connectivity index (χ0n) is 22.2. The van der Waals surface area contributed by atoms with Crippen molar-refractivity contribution in [3.05, 3.63) is 70.4 Å². The average Bonchev–Trinajstić information content (AvgIpc) is 3.56. The molecule has 0 unspecified atom stereocenters. The van der Waals surface area contributed by atoms with E-state index in [2.05, 4.69) is 64.8 Å². The molecule has 0 fully saturated rings. The standard InChI is InChI=1S/C29H39N7O/c1-3-5-7-9-13-21-36-29(37)35(27(32-36)16-10-8-6-4-2)22-23-17-19-24(20-18-23)25-14-11-12-15-26(25)28-30-33-34-31-28/h11-12,14-15,17-20H,3-10,13,16,21-22H2,1-2H3,(H,30,31,33,34). The van der Waals surface area contributed by atoms with E-state index in [1.807, 2.05) is 22.8 Å². The van der Waals surface area contributed by atoms with Crippen LogP contribution in [-0.2, 0) is 19.5 Å².